The van der Waals surface area contributed by atoms with Gasteiger partial charge in [-0.2, -0.15) is 4.98 Å². The number of anilines is 2. The molecular formula is C25H22N6O2. The predicted octanol–water partition coefficient (Wildman–Crippen LogP) is 4.71. The zero-order chi connectivity index (χ0) is 23.1. The van der Waals surface area contributed by atoms with Gasteiger partial charge in [0.2, 0.25) is 0 Å². The van der Waals surface area contributed by atoms with Crippen LogP contribution < -0.4 is 10.9 Å². The summed E-state index contributed by atoms with van der Waals surface area (Å²) in [5.41, 5.74) is 6.58. The summed E-state index contributed by atoms with van der Waals surface area (Å²) in [4.78, 5) is 26.1. The van der Waals surface area contributed by atoms with Gasteiger partial charge in [0, 0.05) is 48.0 Å². The average Bonchev–Trinajstić information content (AvgIpc) is 3.27. The van der Waals surface area contributed by atoms with Crippen LogP contribution >= 0.6 is 0 Å². The molecule has 0 saturated carbocycles. The van der Waals surface area contributed by atoms with E-state index in [4.69, 9.17) is 4.52 Å². The van der Waals surface area contributed by atoms with E-state index in [-0.39, 0.29) is 5.56 Å². The molecule has 8 heteroatoms. The van der Waals surface area contributed by atoms with Gasteiger partial charge in [0.15, 0.2) is 0 Å². The second-order valence-corrected chi connectivity index (χ2v) is 8.14. The molecule has 8 nitrogen and oxygen atoms in total. The number of nitrogens with one attached hydrogen (secondary N) is 1. The number of aryl methyl sites for hydroxylation is 4. The monoisotopic (exact) mass is 438 g/mol. The molecule has 4 aromatic heterocycles. The Labute approximate surface area is 190 Å². The van der Waals surface area contributed by atoms with Gasteiger partial charge in [0.1, 0.15) is 0 Å². The van der Waals surface area contributed by atoms with Crippen LogP contribution in [0.3, 0.4) is 0 Å². The summed E-state index contributed by atoms with van der Waals surface area (Å²) >= 11 is 0. The van der Waals surface area contributed by atoms with Gasteiger partial charge in [-0.05, 0) is 73.0 Å². The molecule has 1 N–H and O–H groups in total. The van der Waals surface area contributed by atoms with E-state index in [1.54, 1.807) is 30.2 Å². The summed E-state index contributed by atoms with van der Waals surface area (Å²) in [6.07, 6.45) is 5.24. The third kappa shape index (κ3) is 3.87. The lowest BCUT2D eigenvalue weighted by Crippen LogP contribution is -2.19. The molecule has 33 heavy (non-hydrogen) atoms. The van der Waals surface area contributed by atoms with Gasteiger partial charge in [-0.3, -0.25) is 14.8 Å². The van der Waals surface area contributed by atoms with Gasteiger partial charge in [-0.1, -0.05) is 6.07 Å². The summed E-state index contributed by atoms with van der Waals surface area (Å²) in [5.74, 6) is 0.708. The molecule has 0 atom stereocenters. The van der Waals surface area contributed by atoms with E-state index >= 15 is 0 Å². The molecule has 0 bridgehead atoms. The van der Waals surface area contributed by atoms with Crippen molar-refractivity contribution in [2.75, 3.05) is 5.32 Å². The molecule has 0 unspecified atom stereocenters. The zero-order valence-electron chi connectivity index (χ0n) is 18.7. The number of fused-ring (bicyclic) bond motifs is 1. The van der Waals surface area contributed by atoms with Gasteiger partial charge in [-0.15, -0.1) is 0 Å². The number of rotatable bonds is 4. The van der Waals surface area contributed by atoms with E-state index in [0.717, 1.165) is 44.5 Å². The highest BCUT2D eigenvalue weighted by Crippen LogP contribution is 2.28. The minimum absolute atomic E-state index is 0.0675. The second-order valence-electron chi connectivity index (χ2n) is 8.14. The van der Waals surface area contributed by atoms with Crippen LogP contribution in [0.1, 0.15) is 16.8 Å². The Morgan fingerprint density at radius 3 is 2.64 bits per heavy atom. The summed E-state index contributed by atoms with van der Waals surface area (Å²) in [7, 11) is 1.78. The molecule has 0 aliphatic carbocycles. The fraction of sp³-hybridized carbons (Fsp3) is 0.160. The van der Waals surface area contributed by atoms with Crippen molar-refractivity contribution in [3.8, 4) is 22.6 Å². The molecule has 0 saturated heterocycles. The van der Waals surface area contributed by atoms with Crippen molar-refractivity contribution in [3.63, 3.8) is 0 Å². The minimum Gasteiger partial charge on any atom is -0.332 e. The molecular weight excluding hydrogens is 416 g/mol. The summed E-state index contributed by atoms with van der Waals surface area (Å²) < 4.78 is 7.05. The van der Waals surface area contributed by atoms with Crippen LogP contribution in [0, 0.1) is 20.8 Å². The standard InChI is InChI=1S/C25H22N6O2/c1-14-7-18(12-26-11-14)23-29-25(30-33-23)28-19-6-5-15(2)20(10-19)21-9-17-13-27-16(3)8-22(17)31(4)24(21)32/h5-13H,1-4H3,(H,28,30). The Kier molecular flexibility index (Phi) is 4.97. The molecule has 5 aromatic rings. The van der Waals surface area contributed by atoms with Crippen molar-refractivity contribution < 1.29 is 4.52 Å². The molecule has 164 valence electrons. The third-order valence-electron chi connectivity index (χ3n) is 5.58. The van der Waals surface area contributed by atoms with Crippen LogP contribution in [0.4, 0.5) is 11.6 Å². The van der Waals surface area contributed by atoms with E-state index < -0.39 is 0 Å². The van der Waals surface area contributed by atoms with Crippen molar-refractivity contribution in [3.05, 3.63) is 82.2 Å². The topological polar surface area (TPSA) is 98.7 Å². The first-order valence-corrected chi connectivity index (χ1v) is 10.5. The maximum absolute atomic E-state index is 13.2. The highest BCUT2D eigenvalue weighted by Gasteiger charge is 2.14. The van der Waals surface area contributed by atoms with Crippen LogP contribution in [0.2, 0.25) is 0 Å². The van der Waals surface area contributed by atoms with Gasteiger partial charge < -0.3 is 14.4 Å². The normalized spacial score (nSPS) is 11.2. The van der Waals surface area contributed by atoms with Crippen molar-refractivity contribution in [1.82, 2.24) is 24.7 Å². The van der Waals surface area contributed by atoms with Crippen LogP contribution in [0.5, 0.6) is 0 Å². The Balaban J connectivity index is 1.52. The first-order valence-electron chi connectivity index (χ1n) is 10.5. The van der Waals surface area contributed by atoms with E-state index in [1.165, 1.54) is 0 Å². The molecule has 0 amide bonds. The van der Waals surface area contributed by atoms with E-state index in [2.05, 4.69) is 25.4 Å². The van der Waals surface area contributed by atoms with Gasteiger partial charge in [0.05, 0.1) is 11.1 Å². The SMILES string of the molecule is Cc1cncc(-c2nc(Nc3ccc(C)c(-c4cc5cnc(C)cc5n(C)c4=O)c3)no2)c1. The quantitative estimate of drug-likeness (QED) is 0.434. The smallest absolute Gasteiger partial charge is 0.268 e. The van der Waals surface area contributed by atoms with Crippen molar-refractivity contribution in [1.29, 1.82) is 0 Å². The van der Waals surface area contributed by atoms with E-state index in [0.29, 0.717) is 17.4 Å². The third-order valence-corrected chi connectivity index (χ3v) is 5.58. The van der Waals surface area contributed by atoms with Crippen LogP contribution in [-0.4, -0.2) is 24.7 Å². The lowest BCUT2D eigenvalue weighted by molar-refractivity contribution is 0.432. The first-order chi connectivity index (χ1) is 15.9. The van der Waals surface area contributed by atoms with E-state index in [1.807, 2.05) is 57.2 Å². The predicted molar refractivity (Wildman–Crippen MR) is 127 cm³/mol. The molecule has 0 aliphatic heterocycles. The van der Waals surface area contributed by atoms with Crippen LogP contribution in [0.25, 0.3) is 33.5 Å². The highest BCUT2D eigenvalue weighted by molar-refractivity contribution is 5.85. The number of benzene rings is 1. The summed E-state index contributed by atoms with van der Waals surface area (Å²) in [5, 5.41) is 8.10. The minimum atomic E-state index is -0.0675. The van der Waals surface area contributed by atoms with Crippen LogP contribution in [-0.2, 0) is 7.05 Å². The molecule has 0 aliphatic rings. The van der Waals surface area contributed by atoms with Crippen molar-refractivity contribution >= 4 is 22.5 Å². The van der Waals surface area contributed by atoms with E-state index in [9.17, 15) is 4.79 Å². The number of hydrogen-bond acceptors (Lipinski definition) is 7. The fourth-order valence-corrected chi connectivity index (χ4v) is 3.84. The number of aromatic nitrogens is 5. The maximum atomic E-state index is 13.2. The van der Waals surface area contributed by atoms with Crippen LogP contribution in [0.15, 0.2) is 64.3 Å². The molecule has 4 heterocycles. The second kappa shape index (κ2) is 7.98. The van der Waals surface area contributed by atoms with Gasteiger partial charge in [-0.25, -0.2) is 0 Å². The Hall–Kier alpha value is -4.33. The molecule has 0 fully saturated rings. The lowest BCUT2D eigenvalue weighted by atomic mass is 9.99. The molecule has 0 radical (unpaired) electrons. The Morgan fingerprint density at radius 1 is 0.970 bits per heavy atom. The van der Waals surface area contributed by atoms with Gasteiger partial charge >= 0.3 is 0 Å². The Morgan fingerprint density at radius 2 is 1.82 bits per heavy atom. The average molecular weight is 438 g/mol. The highest BCUT2D eigenvalue weighted by atomic mass is 16.5. The maximum Gasteiger partial charge on any atom is 0.268 e. The molecule has 1 aromatic carbocycles. The summed E-state index contributed by atoms with van der Waals surface area (Å²) in [6.45, 7) is 5.84. The number of pyridine rings is 3. The summed E-state index contributed by atoms with van der Waals surface area (Å²) in [6, 6.07) is 11.5. The molecule has 5 rings (SSSR count). The Bertz CT molecular complexity index is 1570. The fourth-order valence-electron chi connectivity index (χ4n) is 3.84. The van der Waals surface area contributed by atoms with Crippen molar-refractivity contribution in [2.45, 2.75) is 20.8 Å². The molecule has 0 spiro atoms. The van der Waals surface area contributed by atoms with Gasteiger partial charge in [0.25, 0.3) is 17.4 Å². The number of nitrogens with zero attached hydrogens (tertiary/aromatic N) is 5. The lowest BCUT2D eigenvalue weighted by Gasteiger charge is -2.12. The largest absolute Gasteiger partial charge is 0.332 e. The van der Waals surface area contributed by atoms with Crippen molar-refractivity contribution in [2.24, 2.45) is 7.05 Å². The zero-order valence-corrected chi connectivity index (χ0v) is 18.7. The first kappa shape index (κ1) is 20.6. The number of hydrogen-bond donors (Lipinski definition) is 1.